The Balaban J connectivity index is 1.68. The first kappa shape index (κ1) is 17.0. The molecule has 1 saturated heterocycles. The molecule has 1 aromatic carbocycles. The standard InChI is InChI=1S/C21H23N3OS/c1-14-10-17(25-3)11-15(2)20(14)18-13-26-21(23-18)16-6-7-22-19(12-16)24-8-4-5-9-24/h6-7,10-13H,4-5,8-9H2,1-3H3. The number of benzene rings is 1. The lowest BCUT2D eigenvalue weighted by Crippen LogP contribution is -2.18. The van der Waals surface area contributed by atoms with Crippen molar-refractivity contribution in [2.45, 2.75) is 26.7 Å². The number of methoxy groups -OCH3 is 1. The second kappa shape index (κ2) is 7.08. The molecule has 0 atom stereocenters. The minimum absolute atomic E-state index is 0.892. The molecule has 1 fully saturated rings. The van der Waals surface area contributed by atoms with Crippen molar-refractivity contribution in [1.82, 2.24) is 9.97 Å². The number of hydrogen-bond donors (Lipinski definition) is 0. The van der Waals surface area contributed by atoms with Gasteiger partial charge >= 0.3 is 0 Å². The average molecular weight is 366 g/mol. The van der Waals surface area contributed by atoms with Gasteiger partial charge in [0.1, 0.15) is 16.6 Å². The van der Waals surface area contributed by atoms with E-state index >= 15 is 0 Å². The van der Waals surface area contributed by atoms with Crippen LogP contribution in [-0.2, 0) is 0 Å². The Morgan fingerprint density at radius 2 is 1.81 bits per heavy atom. The average Bonchev–Trinajstić information content (AvgIpc) is 3.33. The highest BCUT2D eigenvalue weighted by molar-refractivity contribution is 7.13. The summed E-state index contributed by atoms with van der Waals surface area (Å²) >= 11 is 1.69. The van der Waals surface area contributed by atoms with Gasteiger partial charge in [-0.3, -0.25) is 0 Å². The first-order valence-electron chi connectivity index (χ1n) is 8.98. The van der Waals surface area contributed by atoms with Gasteiger partial charge in [-0.05, 0) is 62.1 Å². The summed E-state index contributed by atoms with van der Waals surface area (Å²) in [5.74, 6) is 1.96. The Morgan fingerprint density at radius 3 is 2.50 bits per heavy atom. The van der Waals surface area contributed by atoms with Crippen molar-refractivity contribution in [3.05, 3.63) is 47.0 Å². The van der Waals surface area contributed by atoms with Crippen molar-refractivity contribution < 1.29 is 4.74 Å². The van der Waals surface area contributed by atoms with E-state index in [0.717, 1.165) is 40.9 Å². The number of anilines is 1. The summed E-state index contributed by atoms with van der Waals surface area (Å²) in [6.45, 7) is 6.43. The number of aromatic nitrogens is 2. The van der Waals surface area contributed by atoms with Crippen molar-refractivity contribution in [2.24, 2.45) is 0 Å². The fourth-order valence-corrected chi connectivity index (χ4v) is 4.45. The van der Waals surface area contributed by atoms with E-state index in [9.17, 15) is 0 Å². The Morgan fingerprint density at radius 1 is 1.08 bits per heavy atom. The summed E-state index contributed by atoms with van der Waals surface area (Å²) in [5.41, 5.74) is 5.74. The van der Waals surface area contributed by atoms with Crippen LogP contribution in [0.1, 0.15) is 24.0 Å². The van der Waals surface area contributed by atoms with E-state index in [1.165, 1.54) is 29.5 Å². The van der Waals surface area contributed by atoms with E-state index in [4.69, 9.17) is 9.72 Å². The summed E-state index contributed by atoms with van der Waals surface area (Å²) in [5, 5.41) is 3.19. The van der Waals surface area contributed by atoms with Gasteiger partial charge in [0.2, 0.25) is 0 Å². The van der Waals surface area contributed by atoms with Crippen LogP contribution in [0.5, 0.6) is 5.75 Å². The SMILES string of the molecule is COc1cc(C)c(-c2csc(-c3ccnc(N4CCCC4)c3)n2)c(C)c1. The zero-order valence-corrected chi connectivity index (χ0v) is 16.3. The third-order valence-corrected chi connectivity index (χ3v) is 5.82. The van der Waals surface area contributed by atoms with E-state index in [2.05, 4.69) is 53.4 Å². The molecule has 0 N–H and O–H groups in total. The Kier molecular flexibility index (Phi) is 4.64. The third-order valence-electron chi connectivity index (χ3n) is 4.92. The molecule has 0 bridgehead atoms. The van der Waals surface area contributed by atoms with Gasteiger partial charge in [0.05, 0.1) is 12.8 Å². The Labute approximate surface area is 158 Å². The van der Waals surface area contributed by atoms with Crippen LogP contribution < -0.4 is 9.64 Å². The molecule has 4 nitrogen and oxygen atoms in total. The van der Waals surface area contributed by atoms with E-state index in [-0.39, 0.29) is 0 Å². The predicted molar refractivity (Wildman–Crippen MR) is 108 cm³/mol. The highest BCUT2D eigenvalue weighted by Gasteiger charge is 2.16. The second-order valence-corrected chi connectivity index (χ2v) is 7.63. The number of nitrogens with zero attached hydrogens (tertiary/aromatic N) is 3. The molecule has 0 aliphatic carbocycles. The van der Waals surface area contributed by atoms with Crippen LogP contribution in [0.3, 0.4) is 0 Å². The van der Waals surface area contributed by atoms with Crippen molar-refractivity contribution in [2.75, 3.05) is 25.1 Å². The van der Waals surface area contributed by atoms with Crippen molar-refractivity contribution >= 4 is 17.2 Å². The van der Waals surface area contributed by atoms with Crippen molar-refractivity contribution in [1.29, 1.82) is 0 Å². The first-order chi connectivity index (χ1) is 12.7. The van der Waals surface area contributed by atoms with Crippen LogP contribution in [0.15, 0.2) is 35.8 Å². The van der Waals surface area contributed by atoms with Crippen LogP contribution >= 0.6 is 11.3 Å². The molecule has 0 amide bonds. The lowest BCUT2D eigenvalue weighted by molar-refractivity contribution is 0.414. The summed E-state index contributed by atoms with van der Waals surface area (Å²) < 4.78 is 5.37. The van der Waals surface area contributed by atoms with Gasteiger partial charge in [-0.1, -0.05) is 0 Å². The number of ether oxygens (including phenoxy) is 1. The fourth-order valence-electron chi connectivity index (χ4n) is 3.64. The van der Waals surface area contributed by atoms with Gasteiger partial charge < -0.3 is 9.64 Å². The number of aryl methyl sites for hydroxylation is 2. The van der Waals surface area contributed by atoms with E-state index < -0.39 is 0 Å². The summed E-state index contributed by atoms with van der Waals surface area (Å²) in [4.78, 5) is 11.8. The maximum atomic E-state index is 5.37. The monoisotopic (exact) mass is 365 g/mol. The van der Waals surface area contributed by atoms with Crippen molar-refractivity contribution in [3.8, 4) is 27.6 Å². The smallest absolute Gasteiger partial charge is 0.129 e. The lowest BCUT2D eigenvalue weighted by Gasteiger charge is -2.16. The van der Waals surface area contributed by atoms with Gasteiger partial charge in [0.25, 0.3) is 0 Å². The van der Waals surface area contributed by atoms with Crippen LogP contribution in [0.4, 0.5) is 5.82 Å². The van der Waals surface area contributed by atoms with E-state index in [0.29, 0.717) is 0 Å². The summed E-state index contributed by atoms with van der Waals surface area (Å²) in [7, 11) is 1.70. The lowest BCUT2D eigenvalue weighted by atomic mass is 10.0. The zero-order valence-electron chi connectivity index (χ0n) is 15.5. The van der Waals surface area contributed by atoms with E-state index in [1.807, 2.05) is 6.20 Å². The Hall–Kier alpha value is -2.40. The molecule has 3 aromatic rings. The normalized spacial score (nSPS) is 14.0. The van der Waals surface area contributed by atoms with Crippen molar-refractivity contribution in [3.63, 3.8) is 0 Å². The molecule has 3 heterocycles. The highest BCUT2D eigenvalue weighted by atomic mass is 32.1. The molecule has 1 aliphatic rings. The second-order valence-electron chi connectivity index (χ2n) is 6.77. The van der Waals surface area contributed by atoms with Gasteiger partial charge in [-0.2, -0.15) is 0 Å². The molecule has 1 aliphatic heterocycles. The van der Waals surface area contributed by atoms with Gasteiger partial charge in [0, 0.05) is 35.8 Å². The molecule has 0 spiro atoms. The minimum Gasteiger partial charge on any atom is -0.497 e. The summed E-state index contributed by atoms with van der Waals surface area (Å²) in [6.07, 6.45) is 4.40. The maximum Gasteiger partial charge on any atom is 0.129 e. The maximum absolute atomic E-state index is 5.37. The molecule has 0 radical (unpaired) electrons. The third kappa shape index (κ3) is 3.19. The number of pyridine rings is 1. The molecular weight excluding hydrogens is 342 g/mol. The number of thiazole rings is 1. The molecule has 2 aromatic heterocycles. The minimum atomic E-state index is 0.892. The molecule has 4 rings (SSSR count). The first-order valence-corrected chi connectivity index (χ1v) is 9.86. The molecular formula is C21H23N3OS. The van der Waals surface area contributed by atoms with Gasteiger partial charge in [-0.25, -0.2) is 9.97 Å². The highest BCUT2D eigenvalue weighted by Crippen LogP contribution is 2.35. The molecule has 0 saturated carbocycles. The van der Waals surface area contributed by atoms with Crippen LogP contribution in [0.2, 0.25) is 0 Å². The van der Waals surface area contributed by atoms with Gasteiger partial charge in [-0.15, -0.1) is 11.3 Å². The molecule has 134 valence electrons. The van der Waals surface area contributed by atoms with Crippen LogP contribution in [-0.4, -0.2) is 30.2 Å². The topological polar surface area (TPSA) is 38.2 Å². The van der Waals surface area contributed by atoms with Crippen LogP contribution in [0.25, 0.3) is 21.8 Å². The predicted octanol–water partition coefficient (Wildman–Crippen LogP) is 5.10. The van der Waals surface area contributed by atoms with Crippen LogP contribution in [0, 0.1) is 13.8 Å². The molecule has 5 heteroatoms. The van der Waals surface area contributed by atoms with Gasteiger partial charge in [0.15, 0.2) is 0 Å². The summed E-state index contributed by atoms with van der Waals surface area (Å²) in [6, 6.07) is 8.36. The zero-order chi connectivity index (χ0) is 18.1. The molecule has 26 heavy (non-hydrogen) atoms. The Bertz CT molecular complexity index is 906. The molecule has 0 unspecified atom stereocenters. The van der Waals surface area contributed by atoms with E-state index in [1.54, 1.807) is 18.4 Å². The number of hydrogen-bond acceptors (Lipinski definition) is 5. The number of rotatable bonds is 4. The quantitative estimate of drug-likeness (QED) is 0.645. The fraction of sp³-hybridized carbons (Fsp3) is 0.333. The largest absolute Gasteiger partial charge is 0.497 e.